The first kappa shape index (κ1) is 16.1. The summed E-state index contributed by atoms with van der Waals surface area (Å²) < 4.78 is 13.0. The zero-order valence-corrected chi connectivity index (χ0v) is 13.5. The van der Waals surface area contributed by atoms with Crippen molar-refractivity contribution in [1.29, 1.82) is 0 Å². The van der Waals surface area contributed by atoms with Gasteiger partial charge in [0.1, 0.15) is 5.82 Å². The molecule has 4 heteroatoms. The fourth-order valence-corrected chi connectivity index (χ4v) is 3.20. The van der Waals surface area contributed by atoms with Gasteiger partial charge >= 0.3 is 0 Å². The van der Waals surface area contributed by atoms with Crippen molar-refractivity contribution >= 4 is 11.3 Å². The number of hydrogen-bond donors (Lipinski definition) is 1. The van der Waals surface area contributed by atoms with Gasteiger partial charge in [-0.15, -0.1) is 11.3 Å². The fourth-order valence-electron chi connectivity index (χ4n) is 2.46. The van der Waals surface area contributed by atoms with Gasteiger partial charge in [0, 0.05) is 24.0 Å². The molecule has 21 heavy (non-hydrogen) atoms. The van der Waals surface area contributed by atoms with Crippen molar-refractivity contribution < 1.29 is 4.39 Å². The number of nitrogens with one attached hydrogen (secondary N) is 1. The van der Waals surface area contributed by atoms with E-state index in [0.29, 0.717) is 0 Å². The number of nitrogens with zero attached hydrogens (tertiary/aromatic N) is 1. The van der Waals surface area contributed by atoms with Crippen molar-refractivity contribution in [2.24, 2.45) is 0 Å². The Kier molecular flexibility index (Phi) is 6.36. The molecule has 2 nitrogen and oxygen atoms in total. The summed E-state index contributed by atoms with van der Waals surface area (Å²) in [4.78, 5) is 3.85. The van der Waals surface area contributed by atoms with E-state index in [0.717, 1.165) is 31.6 Å². The number of hydrogen-bond acceptors (Lipinski definition) is 3. The normalized spacial score (nSPS) is 12.8. The molecule has 114 valence electrons. The van der Waals surface area contributed by atoms with Crippen LogP contribution in [-0.4, -0.2) is 25.0 Å². The molecule has 1 unspecified atom stereocenters. The van der Waals surface area contributed by atoms with E-state index in [1.807, 2.05) is 19.2 Å². The molecule has 0 amide bonds. The SMILES string of the molecule is CCN(CCC(NC)c1ccc(F)cc1)Cc1cccs1. The largest absolute Gasteiger partial charge is 0.313 e. The van der Waals surface area contributed by atoms with E-state index < -0.39 is 0 Å². The highest BCUT2D eigenvalue weighted by Gasteiger charge is 2.12. The van der Waals surface area contributed by atoms with E-state index in [4.69, 9.17) is 0 Å². The Hall–Kier alpha value is -1.23. The van der Waals surface area contributed by atoms with E-state index in [2.05, 4.69) is 34.7 Å². The van der Waals surface area contributed by atoms with Crippen molar-refractivity contribution in [3.05, 3.63) is 58.0 Å². The van der Waals surface area contributed by atoms with Crippen LogP contribution >= 0.6 is 11.3 Å². The second-order valence-corrected chi connectivity index (χ2v) is 6.16. The van der Waals surface area contributed by atoms with E-state index in [-0.39, 0.29) is 11.9 Å². The molecule has 0 radical (unpaired) electrons. The fraction of sp³-hybridized carbons (Fsp3) is 0.412. The molecule has 0 spiro atoms. The first-order valence-corrected chi connectivity index (χ1v) is 8.28. The standard InChI is InChI=1S/C17H23FN2S/c1-3-20(13-16-5-4-12-21-16)11-10-17(19-2)14-6-8-15(18)9-7-14/h4-9,12,17,19H,3,10-11,13H2,1-2H3. The van der Waals surface area contributed by atoms with E-state index in [1.54, 1.807) is 11.3 Å². The Morgan fingerprint density at radius 1 is 1.24 bits per heavy atom. The number of benzene rings is 1. The molecule has 0 bridgehead atoms. The van der Waals surface area contributed by atoms with Gasteiger partial charge in [0.05, 0.1) is 0 Å². The predicted molar refractivity (Wildman–Crippen MR) is 88.1 cm³/mol. The van der Waals surface area contributed by atoms with Crippen molar-refractivity contribution in [3.63, 3.8) is 0 Å². The Morgan fingerprint density at radius 3 is 2.57 bits per heavy atom. The maximum absolute atomic E-state index is 13.0. The molecule has 1 aromatic carbocycles. The Bertz CT molecular complexity index is 510. The molecule has 0 aliphatic heterocycles. The van der Waals surface area contributed by atoms with Crippen LogP contribution < -0.4 is 5.32 Å². The zero-order chi connectivity index (χ0) is 15.1. The second-order valence-electron chi connectivity index (χ2n) is 5.13. The molecule has 1 aromatic heterocycles. The third-order valence-corrected chi connectivity index (χ3v) is 4.62. The van der Waals surface area contributed by atoms with Crippen LogP contribution in [0, 0.1) is 5.82 Å². The molecule has 0 fully saturated rings. The molecule has 2 rings (SSSR count). The molecular weight excluding hydrogens is 283 g/mol. The number of halogens is 1. The lowest BCUT2D eigenvalue weighted by molar-refractivity contribution is 0.265. The van der Waals surface area contributed by atoms with Gasteiger partial charge in [0.15, 0.2) is 0 Å². The average Bonchev–Trinajstić information content (AvgIpc) is 3.01. The lowest BCUT2D eigenvalue weighted by atomic mass is 10.0. The van der Waals surface area contributed by atoms with Crippen LogP contribution in [0.5, 0.6) is 0 Å². The predicted octanol–water partition coefficient (Wildman–Crippen LogP) is 4.06. The molecular formula is C17H23FN2S. The van der Waals surface area contributed by atoms with Gasteiger partial charge < -0.3 is 5.32 Å². The molecule has 1 atom stereocenters. The van der Waals surface area contributed by atoms with Crippen molar-refractivity contribution in [2.45, 2.75) is 25.9 Å². The molecule has 2 aromatic rings. The highest BCUT2D eigenvalue weighted by Crippen LogP contribution is 2.18. The second kappa shape index (κ2) is 8.27. The summed E-state index contributed by atoms with van der Waals surface area (Å²) in [6.45, 7) is 5.27. The van der Waals surface area contributed by atoms with Crippen molar-refractivity contribution in [2.75, 3.05) is 20.1 Å². The quantitative estimate of drug-likeness (QED) is 0.791. The van der Waals surface area contributed by atoms with Crippen LogP contribution in [0.2, 0.25) is 0 Å². The lowest BCUT2D eigenvalue weighted by Crippen LogP contribution is -2.27. The number of thiophene rings is 1. The molecule has 0 saturated carbocycles. The summed E-state index contributed by atoms with van der Waals surface area (Å²) in [7, 11) is 1.96. The Balaban J connectivity index is 1.90. The Labute approximate surface area is 130 Å². The maximum Gasteiger partial charge on any atom is 0.123 e. The Morgan fingerprint density at radius 2 is 2.00 bits per heavy atom. The van der Waals surface area contributed by atoms with E-state index in [1.165, 1.54) is 17.0 Å². The minimum Gasteiger partial charge on any atom is -0.313 e. The van der Waals surface area contributed by atoms with E-state index >= 15 is 0 Å². The third kappa shape index (κ3) is 4.92. The molecule has 1 heterocycles. The minimum absolute atomic E-state index is 0.179. The van der Waals surface area contributed by atoms with Gasteiger partial charge in [0.2, 0.25) is 0 Å². The van der Waals surface area contributed by atoms with Gasteiger partial charge in [-0.2, -0.15) is 0 Å². The van der Waals surface area contributed by atoms with Crippen LogP contribution in [0.4, 0.5) is 4.39 Å². The molecule has 0 aliphatic carbocycles. The molecule has 0 aliphatic rings. The van der Waals surface area contributed by atoms with Crippen molar-refractivity contribution in [3.8, 4) is 0 Å². The third-order valence-electron chi connectivity index (χ3n) is 3.76. The van der Waals surface area contributed by atoms with Crippen LogP contribution in [0.1, 0.15) is 29.8 Å². The average molecular weight is 306 g/mol. The van der Waals surface area contributed by atoms with Crippen molar-refractivity contribution in [1.82, 2.24) is 10.2 Å². The van der Waals surface area contributed by atoms with Gasteiger partial charge in [-0.3, -0.25) is 4.90 Å². The van der Waals surface area contributed by atoms with Crippen LogP contribution in [-0.2, 0) is 6.54 Å². The molecule has 0 saturated heterocycles. The first-order chi connectivity index (χ1) is 10.2. The van der Waals surface area contributed by atoms with Gasteiger partial charge in [-0.1, -0.05) is 25.1 Å². The highest BCUT2D eigenvalue weighted by atomic mass is 32.1. The van der Waals surface area contributed by atoms with E-state index in [9.17, 15) is 4.39 Å². The summed E-state index contributed by atoms with van der Waals surface area (Å²) >= 11 is 1.81. The monoisotopic (exact) mass is 306 g/mol. The lowest BCUT2D eigenvalue weighted by Gasteiger charge is -2.23. The smallest absolute Gasteiger partial charge is 0.123 e. The highest BCUT2D eigenvalue weighted by molar-refractivity contribution is 7.09. The summed E-state index contributed by atoms with van der Waals surface area (Å²) in [5, 5.41) is 5.45. The minimum atomic E-state index is -0.179. The van der Waals surface area contributed by atoms with Crippen LogP contribution in [0.3, 0.4) is 0 Å². The zero-order valence-electron chi connectivity index (χ0n) is 12.7. The summed E-state index contributed by atoms with van der Waals surface area (Å²) in [5.74, 6) is -0.179. The summed E-state index contributed by atoms with van der Waals surface area (Å²) in [6.07, 6.45) is 1.02. The van der Waals surface area contributed by atoms with Crippen LogP contribution in [0.15, 0.2) is 41.8 Å². The first-order valence-electron chi connectivity index (χ1n) is 7.40. The summed E-state index contributed by atoms with van der Waals surface area (Å²) in [6, 6.07) is 11.3. The topological polar surface area (TPSA) is 15.3 Å². The molecule has 1 N–H and O–H groups in total. The van der Waals surface area contributed by atoms with Gasteiger partial charge in [0.25, 0.3) is 0 Å². The maximum atomic E-state index is 13.0. The van der Waals surface area contributed by atoms with Crippen LogP contribution in [0.25, 0.3) is 0 Å². The van der Waals surface area contributed by atoms with Gasteiger partial charge in [-0.25, -0.2) is 4.39 Å². The number of rotatable bonds is 8. The van der Waals surface area contributed by atoms with Gasteiger partial charge in [-0.05, 0) is 49.2 Å². The summed E-state index contributed by atoms with van der Waals surface area (Å²) in [5.41, 5.74) is 1.14.